The normalized spacial score (nSPS) is 13.5. The molecule has 0 aliphatic carbocycles. The van der Waals surface area contributed by atoms with Crippen molar-refractivity contribution in [3.05, 3.63) is 29.8 Å². The van der Waals surface area contributed by atoms with Gasteiger partial charge in [-0.1, -0.05) is 12.1 Å². The molecule has 7 N–H and O–H groups in total. The summed E-state index contributed by atoms with van der Waals surface area (Å²) in [5, 5.41) is 25.6. The second-order valence-corrected chi connectivity index (χ2v) is 8.03. The van der Waals surface area contributed by atoms with E-state index in [2.05, 4.69) is 28.6 Å². The Labute approximate surface area is 190 Å². The van der Waals surface area contributed by atoms with E-state index in [0.717, 1.165) is 0 Å². The van der Waals surface area contributed by atoms with Crippen molar-refractivity contribution in [2.45, 2.75) is 31.0 Å². The maximum absolute atomic E-state index is 12.9. The number of benzene rings is 1. The summed E-state index contributed by atoms with van der Waals surface area (Å²) in [5.41, 5.74) is 6.29. The molecule has 0 fully saturated rings. The van der Waals surface area contributed by atoms with Crippen LogP contribution in [0.2, 0.25) is 0 Å². The third-order valence-electron chi connectivity index (χ3n) is 4.20. The van der Waals surface area contributed by atoms with E-state index < -0.39 is 48.4 Å². The molecular formula is C19H28N4O6S2. The quantitative estimate of drug-likeness (QED) is 0.181. The Kier molecular flexibility index (Phi) is 11.8. The van der Waals surface area contributed by atoms with Gasteiger partial charge in [-0.2, -0.15) is 24.4 Å². The van der Waals surface area contributed by atoms with Gasteiger partial charge < -0.3 is 31.9 Å². The summed E-state index contributed by atoms with van der Waals surface area (Å²) in [6, 6.07) is 3.12. The minimum atomic E-state index is -1.23. The van der Waals surface area contributed by atoms with Crippen LogP contribution in [0.3, 0.4) is 0 Å². The Balaban J connectivity index is 2.98. The van der Waals surface area contributed by atoms with Crippen LogP contribution in [-0.2, 0) is 25.6 Å². The molecule has 3 unspecified atom stereocenters. The van der Waals surface area contributed by atoms with Crippen molar-refractivity contribution < 1.29 is 29.4 Å². The highest BCUT2D eigenvalue weighted by molar-refractivity contribution is 7.98. The monoisotopic (exact) mass is 472 g/mol. The first-order valence-corrected chi connectivity index (χ1v) is 11.4. The number of thioether (sulfide) groups is 1. The van der Waals surface area contributed by atoms with Crippen LogP contribution >= 0.6 is 24.4 Å². The van der Waals surface area contributed by atoms with E-state index >= 15 is 0 Å². The van der Waals surface area contributed by atoms with Gasteiger partial charge in [0.1, 0.15) is 24.4 Å². The molecule has 3 amide bonds. The topological polar surface area (TPSA) is 171 Å². The Morgan fingerprint density at radius 2 is 1.68 bits per heavy atom. The lowest BCUT2D eigenvalue weighted by Gasteiger charge is -2.24. The zero-order valence-corrected chi connectivity index (χ0v) is 18.7. The number of carboxylic acids is 1. The summed E-state index contributed by atoms with van der Waals surface area (Å²) in [7, 11) is 0. The largest absolute Gasteiger partial charge is 0.508 e. The molecule has 1 aromatic rings. The molecule has 0 aliphatic rings. The van der Waals surface area contributed by atoms with Gasteiger partial charge in [0.25, 0.3) is 0 Å². The molecule has 172 valence electrons. The molecule has 0 saturated carbocycles. The third kappa shape index (κ3) is 9.94. The standard InChI is InChI=1S/C19H28N4O6S2/c1-31-7-6-14(22-17(27)13(20)10-30)19(29)23-15(18(28)21-9-16(25)26)8-11-2-4-12(24)5-3-11/h2-5,13-15,24,30H,6-10,20H2,1H3,(H,21,28)(H,22,27)(H,23,29)(H,25,26). The number of hydrogen-bond acceptors (Lipinski definition) is 8. The third-order valence-corrected chi connectivity index (χ3v) is 5.24. The first-order valence-electron chi connectivity index (χ1n) is 9.41. The molecule has 3 atom stereocenters. The lowest BCUT2D eigenvalue weighted by molar-refractivity contribution is -0.138. The van der Waals surface area contributed by atoms with Crippen molar-refractivity contribution in [3.63, 3.8) is 0 Å². The summed E-state index contributed by atoms with van der Waals surface area (Å²) < 4.78 is 0. The number of carbonyl (C=O) groups excluding carboxylic acids is 3. The Morgan fingerprint density at radius 1 is 1.06 bits per heavy atom. The molecule has 0 saturated heterocycles. The Hall–Kier alpha value is -2.44. The minimum Gasteiger partial charge on any atom is -0.508 e. The van der Waals surface area contributed by atoms with Crippen LogP contribution < -0.4 is 21.7 Å². The van der Waals surface area contributed by atoms with E-state index in [1.54, 1.807) is 12.1 Å². The average molecular weight is 473 g/mol. The number of phenolic OH excluding ortho intramolecular Hbond substituents is 1. The van der Waals surface area contributed by atoms with Crippen LogP contribution in [0.5, 0.6) is 5.75 Å². The van der Waals surface area contributed by atoms with Gasteiger partial charge in [0.05, 0.1) is 6.04 Å². The van der Waals surface area contributed by atoms with Crippen LogP contribution in [0, 0.1) is 0 Å². The van der Waals surface area contributed by atoms with Gasteiger partial charge in [-0.15, -0.1) is 0 Å². The van der Waals surface area contributed by atoms with E-state index in [9.17, 15) is 24.3 Å². The van der Waals surface area contributed by atoms with Crippen LogP contribution in [0.25, 0.3) is 0 Å². The zero-order valence-electron chi connectivity index (χ0n) is 17.0. The highest BCUT2D eigenvalue weighted by Crippen LogP contribution is 2.12. The molecule has 12 heteroatoms. The predicted molar refractivity (Wildman–Crippen MR) is 121 cm³/mol. The van der Waals surface area contributed by atoms with E-state index in [1.165, 1.54) is 23.9 Å². The molecule has 0 radical (unpaired) electrons. The van der Waals surface area contributed by atoms with Crippen LogP contribution in [-0.4, -0.2) is 76.3 Å². The summed E-state index contributed by atoms with van der Waals surface area (Å²) in [4.78, 5) is 48.3. The van der Waals surface area contributed by atoms with Crippen molar-refractivity contribution in [2.75, 3.05) is 24.3 Å². The number of carbonyl (C=O) groups is 4. The molecule has 0 spiro atoms. The zero-order chi connectivity index (χ0) is 23.4. The summed E-state index contributed by atoms with van der Waals surface area (Å²) in [6.45, 7) is -0.607. The SMILES string of the molecule is CSCCC(NC(=O)C(N)CS)C(=O)NC(Cc1ccc(O)cc1)C(=O)NCC(=O)O. The fraction of sp³-hybridized carbons (Fsp3) is 0.474. The number of rotatable bonds is 13. The van der Waals surface area contributed by atoms with Crippen molar-refractivity contribution in [1.82, 2.24) is 16.0 Å². The summed E-state index contributed by atoms with van der Waals surface area (Å²) in [5.74, 6) is -2.34. The van der Waals surface area contributed by atoms with Crippen LogP contribution in [0.1, 0.15) is 12.0 Å². The highest BCUT2D eigenvalue weighted by Gasteiger charge is 2.28. The maximum Gasteiger partial charge on any atom is 0.322 e. The molecule has 0 aliphatic heterocycles. The first-order chi connectivity index (χ1) is 14.7. The molecule has 0 bridgehead atoms. The molecule has 10 nitrogen and oxygen atoms in total. The van der Waals surface area contributed by atoms with Gasteiger partial charge in [0.15, 0.2) is 0 Å². The number of nitrogens with two attached hydrogens (primary N) is 1. The number of thiol groups is 1. The van der Waals surface area contributed by atoms with E-state index in [-0.39, 0.29) is 17.9 Å². The van der Waals surface area contributed by atoms with E-state index in [4.69, 9.17) is 10.8 Å². The number of phenols is 1. The molecule has 0 aromatic heterocycles. The highest BCUT2D eigenvalue weighted by atomic mass is 32.2. The lowest BCUT2D eigenvalue weighted by Crippen LogP contribution is -2.56. The smallest absolute Gasteiger partial charge is 0.322 e. The number of carboxylic acid groups (broad SMARTS) is 1. The Bertz CT molecular complexity index is 762. The van der Waals surface area contributed by atoms with Crippen molar-refractivity contribution in [3.8, 4) is 5.75 Å². The molecule has 1 aromatic carbocycles. The predicted octanol–water partition coefficient (Wildman–Crippen LogP) is -0.885. The summed E-state index contributed by atoms with van der Waals surface area (Å²) in [6.07, 6.45) is 2.21. The maximum atomic E-state index is 12.9. The number of aliphatic carboxylic acids is 1. The minimum absolute atomic E-state index is 0.0417. The second-order valence-electron chi connectivity index (χ2n) is 6.68. The number of amides is 3. The van der Waals surface area contributed by atoms with Gasteiger partial charge in [-0.05, 0) is 36.1 Å². The fourth-order valence-corrected chi connectivity index (χ4v) is 3.14. The van der Waals surface area contributed by atoms with Crippen molar-refractivity contribution in [2.24, 2.45) is 5.73 Å². The summed E-state index contributed by atoms with van der Waals surface area (Å²) >= 11 is 5.46. The second kappa shape index (κ2) is 13.8. The van der Waals surface area contributed by atoms with Crippen LogP contribution in [0.4, 0.5) is 0 Å². The van der Waals surface area contributed by atoms with E-state index in [0.29, 0.717) is 17.7 Å². The average Bonchev–Trinajstić information content (AvgIpc) is 2.74. The number of hydrogen-bond donors (Lipinski definition) is 7. The van der Waals surface area contributed by atoms with Gasteiger partial charge in [-0.25, -0.2) is 0 Å². The fourth-order valence-electron chi connectivity index (χ4n) is 2.50. The molecule has 31 heavy (non-hydrogen) atoms. The van der Waals surface area contributed by atoms with Crippen molar-refractivity contribution >= 4 is 48.1 Å². The van der Waals surface area contributed by atoms with Gasteiger partial charge in [-0.3, -0.25) is 19.2 Å². The molecular weight excluding hydrogens is 444 g/mol. The lowest BCUT2D eigenvalue weighted by atomic mass is 10.0. The van der Waals surface area contributed by atoms with Gasteiger partial charge >= 0.3 is 5.97 Å². The van der Waals surface area contributed by atoms with Gasteiger partial charge in [0.2, 0.25) is 17.7 Å². The van der Waals surface area contributed by atoms with Crippen molar-refractivity contribution in [1.29, 1.82) is 0 Å². The van der Waals surface area contributed by atoms with Gasteiger partial charge in [0, 0.05) is 12.2 Å². The molecule has 0 heterocycles. The Morgan fingerprint density at radius 3 is 2.23 bits per heavy atom. The number of aromatic hydroxyl groups is 1. The van der Waals surface area contributed by atoms with Crippen LogP contribution in [0.15, 0.2) is 24.3 Å². The first kappa shape index (κ1) is 26.6. The molecule has 1 rings (SSSR count). The number of nitrogens with one attached hydrogen (secondary N) is 3. The van der Waals surface area contributed by atoms with E-state index in [1.807, 2.05) is 6.26 Å².